The van der Waals surface area contributed by atoms with Crippen molar-refractivity contribution in [2.24, 2.45) is 0 Å². The van der Waals surface area contributed by atoms with E-state index in [1.165, 1.54) is 11.8 Å². The first-order valence-electron chi connectivity index (χ1n) is 8.21. The molecule has 0 aliphatic heterocycles. The Labute approximate surface area is 150 Å². The number of hydrogen-bond acceptors (Lipinski definition) is 5. The highest BCUT2D eigenvalue weighted by molar-refractivity contribution is 7.98. The van der Waals surface area contributed by atoms with Crippen LogP contribution in [0.3, 0.4) is 0 Å². The van der Waals surface area contributed by atoms with Crippen molar-refractivity contribution in [3.63, 3.8) is 0 Å². The fourth-order valence-corrected chi connectivity index (χ4v) is 2.95. The molecule has 3 aromatic heterocycles. The van der Waals surface area contributed by atoms with Crippen molar-refractivity contribution in [1.29, 1.82) is 0 Å². The minimum absolute atomic E-state index is 0.632. The maximum atomic E-state index is 4.52. The number of nitrogens with zero attached hydrogens (tertiary/aromatic N) is 5. The summed E-state index contributed by atoms with van der Waals surface area (Å²) in [4.78, 5) is 9.02. The van der Waals surface area contributed by atoms with Crippen molar-refractivity contribution < 1.29 is 0 Å². The number of aromatic amines is 1. The largest absolute Gasteiger partial charge is 0.258 e. The van der Waals surface area contributed by atoms with Gasteiger partial charge < -0.3 is 0 Å². The Morgan fingerprint density at radius 2 is 1.80 bits per heavy atom. The van der Waals surface area contributed by atoms with Gasteiger partial charge in [0.05, 0.1) is 5.75 Å². The van der Waals surface area contributed by atoms with E-state index in [0.29, 0.717) is 10.9 Å². The van der Waals surface area contributed by atoms with E-state index >= 15 is 0 Å². The zero-order valence-corrected chi connectivity index (χ0v) is 15.3. The summed E-state index contributed by atoms with van der Waals surface area (Å²) >= 11 is 1.52. The number of nitrogens with one attached hydrogen (secondary N) is 1. The molecule has 7 heteroatoms. The molecule has 6 nitrogen and oxygen atoms in total. The predicted octanol–water partition coefficient (Wildman–Crippen LogP) is 4.14. The zero-order chi connectivity index (χ0) is 17.6. The smallest absolute Gasteiger partial charge is 0.209 e. The minimum Gasteiger partial charge on any atom is -0.258 e. The van der Waals surface area contributed by atoms with E-state index in [1.807, 2.05) is 73.8 Å². The minimum atomic E-state index is 0.632. The van der Waals surface area contributed by atoms with Crippen molar-refractivity contribution in [2.75, 3.05) is 0 Å². The van der Waals surface area contributed by atoms with Crippen LogP contribution < -0.4 is 0 Å². The van der Waals surface area contributed by atoms with Gasteiger partial charge in [-0.1, -0.05) is 62.0 Å². The molecule has 128 valence electrons. The molecule has 0 atom stereocenters. The molecular weight excluding hydrogens is 332 g/mol. The lowest BCUT2D eigenvalue weighted by Crippen LogP contribution is -1.92. The number of pyridine rings is 1. The van der Waals surface area contributed by atoms with Crippen LogP contribution in [0, 0.1) is 6.92 Å². The van der Waals surface area contributed by atoms with Gasteiger partial charge in [0.1, 0.15) is 0 Å². The standard InChI is InChI=1S/C16H14N6S.C2H6/c1-11-6-5-9-14-17-13(21-22(11)14)10-23-16-18-15(19-20-16)12-7-3-2-4-8-12;1-2/h2-9H,10H2,1H3,(H,18,19,20);1-2H3. The molecule has 0 spiro atoms. The van der Waals surface area contributed by atoms with Crippen molar-refractivity contribution >= 4 is 17.4 Å². The number of hydrogen-bond donors (Lipinski definition) is 1. The topological polar surface area (TPSA) is 71.8 Å². The average molecular weight is 352 g/mol. The predicted molar refractivity (Wildman–Crippen MR) is 100 cm³/mol. The number of aromatic nitrogens is 6. The molecule has 0 bridgehead atoms. The molecule has 0 unspecified atom stereocenters. The molecule has 3 heterocycles. The van der Waals surface area contributed by atoms with Crippen LogP contribution in [-0.4, -0.2) is 29.8 Å². The highest BCUT2D eigenvalue weighted by Gasteiger charge is 2.09. The third-order valence-corrected chi connectivity index (χ3v) is 4.28. The first-order valence-corrected chi connectivity index (χ1v) is 9.20. The summed E-state index contributed by atoms with van der Waals surface area (Å²) in [5.41, 5.74) is 2.95. The molecular formula is C18H20N6S. The van der Waals surface area contributed by atoms with Gasteiger partial charge in [0.2, 0.25) is 5.16 Å². The summed E-state index contributed by atoms with van der Waals surface area (Å²) in [5, 5.41) is 12.4. The maximum absolute atomic E-state index is 4.52. The lowest BCUT2D eigenvalue weighted by Gasteiger charge is -1.94. The Morgan fingerprint density at radius 3 is 2.56 bits per heavy atom. The van der Waals surface area contributed by atoms with Crippen LogP contribution >= 0.6 is 11.8 Å². The lowest BCUT2D eigenvalue weighted by atomic mass is 10.2. The van der Waals surface area contributed by atoms with Crippen molar-refractivity contribution in [3.05, 3.63) is 60.0 Å². The van der Waals surface area contributed by atoms with Crippen molar-refractivity contribution in [2.45, 2.75) is 31.7 Å². The van der Waals surface area contributed by atoms with Crippen LogP contribution in [0.4, 0.5) is 0 Å². The van der Waals surface area contributed by atoms with Gasteiger partial charge in [-0.05, 0) is 19.1 Å². The third-order valence-electron chi connectivity index (χ3n) is 3.44. The zero-order valence-electron chi connectivity index (χ0n) is 14.5. The highest BCUT2D eigenvalue weighted by Crippen LogP contribution is 2.21. The Balaban J connectivity index is 0.000000880. The second kappa shape index (κ2) is 7.94. The van der Waals surface area contributed by atoms with Crippen LogP contribution in [0.25, 0.3) is 17.0 Å². The molecule has 0 amide bonds. The van der Waals surface area contributed by atoms with E-state index < -0.39 is 0 Å². The van der Waals surface area contributed by atoms with Gasteiger partial charge in [-0.3, -0.25) is 5.10 Å². The molecule has 0 radical (unpaired) electrons. The van der Waals surface area contributed by atoms with Gasteiger partial charge in [-0.15, -0.1) is 5.10 Å². The maximum Gasteiger partial charge on any atom is 0.209 e. The molecule has 1 aromatic carbocycles. The number of rotatable bonds is 4. The van der Waals surface area contributed by atoms with Gasteiger partial charge in [0.25, 0.3) is 0 Å². The quantitative estimate of drug-likeness (QED) is 0.559. The molecule has 0 aliphatic carbocycles. The SMILES string of the molecule is CC.Cc1cccc2nc(CSc3n[nH]c(-c4ccccc4)n3)nn12. The monoisotopic (exact) mass is 352 g/mol. The first kappa shape index (κ1) is 17.2. The number of aryl methyl sites for hydroxylation is 1. The molecule has 0 aliphatic rings. The summed E-state index contributed by atoms with van der Waals surface area (Å²) < 4.78 is 1.85. The second-order valence-electron chi connectivity index (χ2n) is 5.09. The van der Waals surface area contributed by atoms with Gasteiger partial charge in [-0.25, -0.2) is 14.5 Å². The number of benzene rings is 1. The Bertz CT molecular complexity index is 945. The van der Waals surface area contributed by atoms with Gasteiger partial charge in [-0.2, -0.15) is 5.10 Å². The number of H-pyrrole nitrogens is 1. The Kier molecular flexibility index (Phi) is 5.45. The van der Waals surface area contributed by atoms with Gasteiger partial charge in [0.15, 0.2) is 17.3 Å². The van der Waals surface area contributed by atoms with Crippen molar-refractivity contribution in [1.82, 2.24) is 29.8 Å². The van der Waals surface area contributed by atoms with Crippen LogP contribution in [0.1, 0.15) is 25.4 Å². The number of fused-ring (bicyclic) bond motifs is 1. The van der Waals surface area contributed by atoms with E-state index in [-0.39, 0.29) is 0 Å². The molecule has 0 saturated heterocycles. The van der Waals surface area contributed by atoms with E-state index in [1.54, 1.807) is 0 Å². The van der Waals surface area contributed by atoms with Gasteiger partial charge in [0, 0.05) is 11.3 Å². The van der Waals surface area contributed by atoms with Crippen LogP contribution in [0.5, 0.6) is 0 Å². The normalized spacial score (nSPS) is 10.5. The molecule has 4 rings (SSSR count). The average Bonchev–Trinajstić information content (AvgIpc) is 3.30. The van der Waals surface area contributed by atoms with E-state index in [4.69, 9.17) is 0 Å². The van der Waals surface area contributed by atoms with Crippen LogP contribution in [0.15, 0.2) is 53.7 Å². The van der Waals surface area contributed by atoms with E-state index in [9.17, 15) is 0 Å². The fraction of sp³-hybridized carbons (Fsp3) is 0.222. The summed E-state index contributed by atoms with van der Waals surface area (Å²) in [7, 11) is 0. The highest BCUT2D eigenvalue weighted by atomic mass is 32.2. The second-order valence-corrected chi connectivity index (χ2v) is 6.03. The van der Waals surface area contributed by atoms with Crippen molar-refractivity contribution in [3.8, 4) is 11.4 Å². The summed E-state index contributed by atoms with van der Waals surface area (Å²) in [6.07, 6.45) is 0. The Hall–Kier alpha value is -2.67. The summed E-state index contributed by atoms with van der Waals surface area (Å²) in [5.74, 6) is 2.18. The van der Waals surface area contributed by atoms with E-state index in [2.05, 4.69) is 25.3 Å². The molecule has 4 aromatic rings. The van der Waals surface area contributed by atoms with Crippen LogP contribution in [0.2, 0.25) is 0 Å². The first-order chi connectivity index (χ1) is 12.3. The third kappa shape index (κ3) is 3.88. The van der Waals surface area contributed by atoms with E-state index in [0.717, 1.165) is 28.6 Å². The van der Waals surface area contributed by atoms with Gasteiger partial charge >= 0.3 is 0 Å². The molecule has 0 saturated carbocycles. The number of thioether (sulfide) groups is 1. The Morgan fingerprint density at radius 1 is 1.00 bits per heavy atom. The lowest BCUT2D eigenvalue weighted by molar-refractivity contribution is 0.886. The summed E-state index contributed by atoms with van der Waals surface area (Å²) in [6.45, 7) is 6.01. The fourth-order valence-electron chi connectivity index (χ4n) is 2.31. The molecule has 1 N–H and O–H groups in total. The molecule has 0 fully saturated rings. The molecule has 25 heavy (non-hydrogen) atoms. The van der Waals surface area contributed by atoms with Crippen LogP contribution in [-0.2, 0) is 5.75 Å². The summed E-state index contributed by atoms with van der Waals surface area (Å²) in [6, 6.07) is 15.9.